The highest BCUT2D eigenvalue weighted by molar-refractivity contribution is 6.25. The van der Waals surface area contributed by atoms with E-state index < -0.39 is 12.3 Å². The van der Waals surface area contributed by atoms with E-state index in [0.29, 0.717) is 24.3 Å². The number of ketones is 2. The summed E-state index contributed by atoms with van der Waals surface area (Å²) in [5, 5.41) is 25.0. The predicted molar refractivity (Wildman–Crippen MR) is 98.3 cm³/mol. The topological polar surface area (TPSA) is 112 Å². The van der Waals surface area contributed by atoms with Crippen molar-refractivity contribution in [1.29, 1.82) is 0 Å². The number of hydrogen-bond donors (Lipinski definition) is 3. The summed E-state index contributed by atoms with van der Waals surface area (Å²) in [6, 6.07) is -1.44. The lowest BCUT2D eigenvalue weighted by Gasteiger charge is -2.59. The fourth-order valence-electron chi connectivity index (χ4n) is 6.80. The van der Waals surface area contributed by atoms with Crippen molar-refractivity contribution in [2.24, 2.45) is 5.92 Å². The maximum Gasteiger partial charge on any atom is 0.226 e. The van der Waals surface area contributed by atoms with Crippen molar-refractivity contribution in [3.8, 4) is 0 Å². The standard InChI is InChI=1S/C20H25N3O6/c1-7-16(25)12-11(17(26)18(7)28-2)10(6-24)23-15-13-8(5-9(21-13)19(23)27)20-22(14(12)15)3-4-29-20/h8-10,13-15,19-21,24,27H,3-6H2,1-2H3/t8-,9-,10-,13+,14+,15+,19+,20+/m1/s1. The molecule has 1 aliphatic carbocycles. The van der Waals surface area contributed by atoms with E-state index in [4.69, 9.17) is 9.47 Å². The van der Waals surface area contributed by atoms with Crippen LogP contribution in [-0.2, 0) is 19.1 Å². The van der Waals surface area contributed by atoms with Crippen LogP contribution in [-0.4, -0.2) is 101 Å². The summed E-state index contributed by atoms with van der Waals surface area (Å²) in [4.78, 5) is 30.9. The minimum absolute atomic E-state index is 0.0288. The number of carbonyl (C=O) groups excluding carboxylic acids is 2. The number of nitrogens with one attached hydrogen (secondary N) is 1. The monoisotopic (exact) mass is 403 g/mol. The molecule has 8 atom stereocenters. The van der Waals surface area contributed by atoms with Gasteiger partial charge in [0.2, 0.25) is 5.78 Å². The Bertz CT molecular complexity index is 883. The molecule has 9 nitrogen and oxygen atoms in total. The smallest absolute Gasteiger partial charge is 0.226 e. The lowest BCUT2D eigenvalue weighted by molar-refractivity contribution is -0.157. The zero-order valence-electron chi connectivity index (χ0n) is 16.4. The summed E-state index contributed by atoms with van der Waals surface area (Å²) in [7, 11) is 1.38. The van der Waals surface area contributed by atoms with Gasteiger partial charge in [0.1, 0.15) is 12.5 Å². The van der Waals surface area contributed by atoms with Gasteiger partial charge in [-0.25, -0.2) is 0 Å². The fourth-order valence-corrected chi connectivity index (χ4v) is 6.80. The van der Waals surface area contributed by atoms with E-state index in [0.717, 1.165) is 6.42 Å². The molecule has 5 aliphatic heterocycles. The van der Waals surface area contributed by atoms with Crippen LogP contribution in [0, 0.1) is 5.92 Å². The van der Waals surface area contributed by atoms with Gasteiger partial charge in [-0.15, -0.1) is 0 Å². The van der Waals surface area contributed by atoms with Gasteiger partial charge in [-0.3, -0.25) is 19.4 Å². The Morgan fingerprint density at radius 1 is 1.28 bits per heavy atom. The van der Waals surface area contributed by atoms with Crippen LogP contribution >= 0.6 is 0 Å². The second kappa shape index (κ2) is 5.96. The molecule has 0 aromatic carbocycles. The molecule has 0 spiro atoms. The first-order valence-corrected chi connectivity index (χ1v) is 10.3. The Morgan fingerprint density at radius 3 is 2.79 bits per heavy atom. The first-order chi connectivity index (χ1) is 14.0. The summed E-state index contributed by atoms with van der Waals surface area (Å²) in [6.45, 7) is 2.52. The Hall–Kier alpha value is -1.62. The van der Waals surface area contributed by atoms with Crippen LogP contribution < -0.4 is 5.32 Å². The van der Waals surface area contributed by atoms with Gasteiger partial charge in [0.15, 0.2) is 11.5 Å². The number of hydrogen-bond acceptors (Lipinski definition) is 9. The van der Waals surface area contributed by atoms with Crippen molar-refractivity contribution in [1.82, 2.24) is 15.1 Å². The van der Waals surface area contributed by atoms with Gasteiger partial charge in [-0.2, -0.15) is 0 Å². The van der Waals surface area contributed by atoms with E-state index in [2.05, 4.69) is 10.2 Å². The second-order valence-electron chi connectivity index (χ2n) is 8.84. The molecule has 6 rings (SSSR count). The lowest BCUT2D eigenvalue weighted by Crippen LogP contribution is -2.78. The first kappa shape index (κ1) is 18.2. The summed E-state index contributed by atoms with van der Waals surface area (Å²) in [6.07, 6.45) is -0.227. The van der Waals surface area contributed by atoms with Crippen molar-refractivity contribution in [2.75, 3.05) is 26.9 Å². The van der Waals surface area contributed by atoms with Gasteiger partial charge >= 0.3 is 0 Å². The Kier molecular flexibility index (Phi) is 3.74. The van der Waals surface area contributed by atoms with Crippen molar-refractivity contribution < 1.29 is 29.3 Å². The molecular weight excluding hydrogens is 378 g/mol. The molecule has 2 bridgehead atoms. The number of piperidine rings is 1. The third kappa shape index (κ3) is 2.01. The van der Waals surface area contributed by atoms with Crippen molar-refractivity contribution in [3.63, 3.8) is 0 Å². The van der Waals surface area contributed by atoms with E-state index in [9.17, 15) is 19.8 Å². The number of methoxy groups -OCH3 is 1. The van der Waals surface area contributed by atoms with E-state index in [1.54, 1.807) is 6.92 Å². The molecule has 29 heavy (non-hydrogen) atoms. The number of allylic oxidation sites excluding steroid dienone is 2. The molecule has 0 amide bonds. The van der Waals surface area contributed by atoms with Crippen LogP contribution in [0.25, 0.3) is 0 Å². The zero-order chi connectivity index (χ0) is 20.2. The average Bonchev–Trinajstić information content (AvgIpc) is 3.35. The molecule has 4 fully saturated rings. The molecule has 4 saturated heterocycles. The quantitative estimate of drug-likeness (QED) is 0.456. The normalized spacial score (nSPS) is 46.3. The summed E-state index contributed by atoms with van der Waals surface area (Å²) in [5.74, 6) is -0.348. The number of aliphatic hydroxyl groups is 2. The molecule has 3 N–H and O–H groups in total. The zero-order valence-corrected chi connectivity index (χ0v) is 16.4. The summed E-state index contributed by atoms with van der Waals surface area (Å²) >= 11 is 0. The molecule has 5 heterocycles. The maximum absolute atomic E-state index is 13.5. The number of Topliss-reactive ketones (excluding diaryl/α,β-unsaturated/α-hetero) is 2. The number of ether oxygens (including phenoxy) is 2. The maximum atomic E-state index is 13.5. The molecular formula is C20H25N3O6. The van der Waals surface area contributed by atoms with Gasteiger partial charge in [-0.1, -0.05) is 0 Å². The molecule has 6 aliphatic rings. The molecule has 0 aromatic heterocycles. The number of piperazine rings is 1. The predicted octanol–water partition coefficient (Wildman–Crippen LogP) is -1.88. The molecule has 156 valence electrons. The minimum atomic E-state index is -0.851. The third-order valence-electron chi connectivity index (χ3n) is 7.82. The Labute approximate surface area is 167 Å². The highest BCUT2D eigenvalue weighted by atomic mass is 16.5. The van der Waals surface area contributed by atoms with Crippen LogP contribution in [0.15, 0.2) is 22.5 Å². The van der Waals surface area contributed by atoms with Gasteiger partial charge in [0.05, 0.1) is 32.4 Å². The number of aliphatic hydroxyl groups excluding tert-OH is 2. The number of rotatable bonds is 2. The molecule has 0 unspecified atom stereocenters. The highest BCUT2D eigenvalue weighted by Gasteiger charge is 2.67. The van der Waals surface area contributed by atoms with E-state index in [1.165, 1.54) is 7.11 Å². The van der Waals surface area contributed by atoms with Crippen LogP contribution in [0.1, 0.15) is 13.3 Å². The van der Waals surface area contributed by atoms with E-state index in [1.807, 2.05) is 4.90 Å². The summed E-state index contributed by atoms with van der Waals surface area (Å²) < 4.78 is 11.3. The van der Waals surface area contributed by atoms with Gasteiger partial charge in [0.25, 0.3) is 0 Å². The van der Waals surface area contributed by atoms with E-state index in [-0.39, 0.29) is 65.8 Å². The van der Waals surface area contributed by atoms with Crippen LogP contribution in [0.4, 0.5) is 0 Å². The highest BCUT2D eigenvalue weighted by Crippen LogP contribution is 2.51. The van der Waals surface area contributed by atoms with Crippen molar-refractivity contribution >= 4 is 11.6 Å². The van der Waals surface area contributed by atoms with Gasteiger partial charge in [0, 0.05) is 47.3 Å². The van der Waals surface area contributed by atoms with Crippen molar-refractivity contribution in [3.05, 3.63) is 22.5 Å². The molecule has 0 radical (unpaired) electrons. The SMILES string of the molecule is COC1=C(C)C(=O)C2=C(C1=O)[C@@H](CO)N1[C@H]3[C@H]4N[C@H](C[C@H]4[C@@H]4OCCN4[C@@H]23)[C@@H]1O. The fraction of sp³-hybridized carbons (Fsp3) is 0.700. The number of carbonyl (C=O) groups is 2. The van der Waals surface area contributed by atoms with Gasteiger partial charge < -0.3 is 25.0 Å². The van der Waals surface area contributed by atoms with Crippen molar-refractivity contribution in [2.45, 2.75) is 56.0 Å². The van der Waals surface area contributed by atoms with Crippen LogP contribution in [0.3, 0.4) is 0 Å². The third-order valence-corrected chi connectivity index (χ3v) is 7.82. The Balaban J connectivity index is 1.60. The van der Waals surface area contributed by atoms with Crippen LogP contribution in [0.5, 0.6) is 0 Å². The first-order valence-electron chi connectivity index (χ1n) is 10.3. The number of fused-ring (bicyclic) bond motifs is 5. The van der Waals surface area contributed by atoms with E-state index >= 15 is 0 Å². The average molecular weight is 403 g/mol. The largest absolute Gasteiger partial charge is 0.492 e. The minimum Gasteiger partial charge on any atom is -0.492 e. The molecule has 0 saturated carbocycles. The lowest BCUT2D eigenvalue weighted by atomic mass is 9.70. The second-order valence-corrected chi connectivity index (χ2v) is 8.84. The molecule has 9 heteroatoms. The Morgan fingerprint density at radius 2 is 2.07 bits per heavy atom. The molecule has 0 aromatic rings. The van der Waals surface area contributed by atoms with Gasteiger partial charge in [-0.05, 0) is 13.3 Å². The number of nitrogens with zero attached hydrogens (tertiary/aromatic N) is 2. The van der Waals surface area contributed by atoms with Crippen LogP contribution in [0.2, 0.25) is 0 Å². The summed E-state index contributed by atoms with van der Waals surface area (Å²) in [5.41, 5.74) is 1.02.